The van der Waals surface area contributed by atoms with Crippen LogP contribution in [0.3, 0.4) is 0 Å². The van der Waals surface area contributed by atoms with Gasteiger partial charge in [0, 0.05) is 6.26 Å². The van der Waals surface area contributed by atoms with Crippen molar-refractivity contribution in [3.8, 4) is 0 Å². The Labute approximate surface area is 99.2 Å². The number of hydrogen-bond acceptors (Lipinski definition) is 5. The molecule has 0 aliphatic heterocycles. The molecule has 1 aliphatic rings. The van der Waals surface area contributed by atoms with Crippen molar-refractivity contribution >= 4 is 15.9 Å². The molecule has 0 bridgehead atoms. The Balaban J connectivity index is 2.67. The molecule has 0 saturated heterocycles. The third kappa shape index (κ3) is 2.01. The van der Waals surface area contributed by atoms with E-state index in [4.69, 9.17) is 5.53 Å². The van der Waals surface area contributed by atoms with Crippen LogP contribution in [-0.2, 0) is 9.84 Å². The smallest absolute Gasteiger partial charge is 0.176 e. The zero-order valence-electron chi connectivity index (χ0n) is 9.16. The van der Waals surface area contributed by atoms with Gasteiger partial charge >= 0.3 is 0 Å². The van der Waals surface area contributed by atoms with E-state index in [1.807, 2.05) is 0 Å². The lowest BCUT2D eigenvalue weighted by molar-refractivity contribution is 0.158. The van der Waals surface area contributed by atoms with Gasteiger partial charge in [-0.2, -0.15) is 5.11 Å². The highest BCUT2D eigenvalue weighted by Crippen LogP contribution is 2.33. The summed E-state index contributed by atoms with van der Waals surface area (Å²) in [6.45, 7) is 0. The van der Waals surface area contributed by atoms with Gasteiger partial charge in [-0.1, -0.05) is 24.3 Å². The maximum Gasteiger partial charge on any atom is 0.176 e. The van der Waals surface area contributed by atoms with Crippen molar-refractivity contribution < 1.29 is 13.5 Å². The maximum atomic E-state index is 11.6. The Hall–Kier alpha value is -1.53. The van der Waals surface area contributed by atoms with Gasteiger partial charge in [-0.05, 0) is 17.2 Å². The van der Waals surface area contributed by atoms with Gasteiger partial charge in [-0.3, -0.25) is 0 Å². The molecule has 2 unspecified atom stereocenters. The van der Waals surface area contributed by atoms with Gasteiger partial charge in [0.1, 0.15) is 12.1 Å². The number of rotatable bonds is 2. The van der Waals surface area contributed by atoms with Gasteiger partial charge in [-0.15, -0.1) is 0 Å². The molecule has 5 nitrogen and oxygen atoms in total. The average Bonchev–Trinajstić information content (AvgIpc) is 2.28. The lowest BCUT2D eigenvalue weighted by Crippen LogP contribution is -2.19. The fraction of sp³-hybridized carbons (Fsp3) is 0.273. The summed E-state index contributed by atoms with van der Waals surface area (Å²) in [7, 11) is -3.33. The van der Waals surface area contributed by atoms with E-state index in [0.29, 0.717) is 11.1 Å². The van der Waals surface area contributed by atoms with E-state index in [-0.39, 0.29) is 4.90 Å². The molecule has 0 spiro atoms. The fourth-order valence-electron chi connectivity index (χ4n) is 1.92. The molecular formula is C11H12N2O3S. The summed E-state index contributed by atoms with van der Waals surface area (Å²) in [5.41, 5.74) is 7.93. The van der Waals surface area contributed by atoms with Gasteiger partial charge in [0.25, 0.3) is 0 Å². The van der Waals surface area contributed by atoms with Gasteiger partial charge in [0.2, 0.25) is 0 Å². The van der Waals surface area contributed by atoms with E-state index < -0.39 is 22.0 Å². The van der Waals surface area contributed by atoms with Crippen LogP contribution in [-0.4, -0.2) is 25.8 Å². The predicted molar refractivity (Wildman–Crippen MR) is 62.5 cm³/mol. The molecule has 17 heavy (non-hydrogen) atoms. The number of aliphatic hydroxyl groups is 1. The van der Waals surface area contributed by atoms with Crippen molar-refractivity contribution in [3.63, 3.8) is 0 Å². The van der Waals surface area contributed by atoms with Crippen LogP contribution in [0.25, 0.3) is 6.08 Å². The first kappa shape index (κ1) is 11.9. The van der Waals surface area contributed by atoms with Crippen LogP contribution >= 0.6 is 0 Å². The lowest BCUT2D eigenvalue weighted by Gasteiger charge is -2.23. The highest BCUT2D eigenvalue weighted by atomic mass is 32.2. The molecule has 0 saturated carbocycles. The van der Waals surface area contributed by atoms with Crippen molar-refractivity contribution in [3.05, 3.63) is 35.4 Å². The molecule has 2 N–H and O–H groups in total. The number of nitrogens with one attached hydrogen (secondary N) is 1. The maximum absolute atomic E-state index is 11.6. The van der Waals surface area contributed by atoms with Crippen LogP contribution in [0.2, 0.25) is 0 Å². The Morgan fingerprint density at radius 3 is 2.71 bits per heavy atom. The van der Waals surface area contributed by atoms with E-state index in [1.165, 1.54) is 12.1 Å². The third-order valence-corrected chi connectivity index (χ3v) is 3.91. The molecule has 0 heterocycles. The SMILES string of the molecule is CS(=O)(=O)c1cccc2c1C=CC(N=N)C2O. The van der Waals surface area contributed by atoms with E-state index >= 15 is 0 Å². The van der Waals surface area contributed by atoms with Crippen molar-refractivity contribution in [1.82, 2.24) is 0 Å². The zero-order valence-corrected chi connectivity index (χ0v) is 9.98. The second-order valence-corrected chi connectivity index (χ2v) is 5.94. The second-order valence-electron chi connectivity index (χ2n) is 3.95. The van der Waals surface area contributed by atoms with Crippen LogP contribution < -0.4 is 0 Å². The highest BCUT2D eigenvalue weighted by Gasteiger charge is 2.27. The summed E-state index contributed by atoms with van der Waals surface area (Å²) in [5.74, 6) is 0. The number of sulfone groups is 1. The lowest BCUT2D eigenvalue weighted by atomic mass is 9.92. The summed E-state index contributed by atoms with van der Waals surface area (Å²) in [4.78, 5) is 0.189. The first-order valence-electron chi connectivity index (χ1n) is 5.01. The molecule has 1 aromatic rings. The van der Waals surface area contributed by atoms with Gasteiger partial charge < -0.3 is 5.11 Å². The van der Waals surface area contributed by atoms with Gasteiger partial charge in [-0.25, -0.2) is 13.9 Å². The first-order valence-corrected chi connectivity index (χ1v) is 6.90. The summed E-state index contributed by atoms with van der Waals surface area (Å²) in [5, 5.41) is 13.2. The molecule has 0 fully saturated rings. The molecule has 0 aromatic heterocycles. The fourth-order valence-corrected chi connectivity index (χ4v) is 2.83. The Morgan fingerprint density at radius 2 is 2.12 bits per heavy atom. The van der Waals surface area contributed by atoms with E-state index in [2.05, 4.69) is 5.11 Å². The number of nitrogens with zero attached hydrogens (tertiary/aromatic N) is 1. The predicted octanol–water partition coefficient (Wildman–Crippen LogP) is 1.55. The second kappa shape index (κ2) is 4.05. The molecule has 2 atom stereocenters. The van der Waals surface area contributed by atoms with Crippen molar-refractivity contribution in [2.24, 2.45) is 5.11 Å². The largest absolute Gasteiger partial charge is 0.386 e. The molecule has 0 amide bonds. The minimum atomic E-state index is -3.33. The van der Waals surface area contributed by atoms with Crippen LogP contribution in [0.15, 0.2) is 34.3 Å². The van der Waals surface area contributed by atoms with Gasteiger partial charge in [0.05, 0.1) is 4.90 Å². The van der Waals surface area contributed by atoms with Crippen LogP contribution in [0.4, 0.5) is 0 Å². The molecular weight excluding hydrogens is 240 g/mol. The quantitative estimate of drug-likeness (QED) is 0.782. The van der Waals surface area contributed by atoms with E-state index in [0.717, 1.165) is 6.26 Å². The van der Waals surface area contributed by atoms with Gasteiger partial charge in [0.15, 0.2) is 9.84 Å². The topological polar surface area (TPSA) is 90.6 Å². The third-order valence-electron chi connectivity index (χ3n) is 2.75. The van der Waals surface area contributed by atoms with Crippen molar-refractivity contribution in [2.45, 2.75) is 17.0 Å². The number of aliphatic hydroxyl groups excluding tert-OH is 1. The normalized spacial score (nSPS) is 23.2. The number of fused-ring (bicyclic) bond motifs is 1. The Bertz CT molecular complexity index is 593. The molecule has 0 radical (unpaired) electrons. The van der Waals surface area contributed by atoms with Crippen LogP contribution in [0.1, 0.15) is 17.2 Å². The van der Waals surface area contributed by atoms with Crippen LogP contribution in [0.5, 0.6) is 0 Å². The van der Waals surface area contributed by atoms with Crippen LogP contribution in [0, 0.1) is 5.53 Å². The molecule has 1 aromatic carbocycles. The molecule has 2 rings (SSSR count). The monoisotopic (exact) mass is 252 g/mol. The molecule has 1 aliphatic carbocycles. The van der Waals surface area contributed by atoms with Crippen molar-refractivity contribution in [1.29, 1.82) is 5.53 Å². The number of hydrogen-bond donors (Lipinski definition) is 2. The van der Waals surface area contributed by atoms with Crippen molar-refractivity contribution in [2.75, 3.05) is 6.26 Å². The standard InChI is InChI=1S/C11H12N2O3S/c1-17(15,16)10-4-2-3-8-7(10)5-6-9(13-12)11(8)14/h2-6,9,11-12,14H,1H3. The first-order chi connectivity index (χ1) is 7.95. The van der Waals surface area contributed by atoms with E-state index in [9.17, 15) is 13.5 Å². The number of benzene rings is 1. The Morgan fingerprint density at radius 1 is 1.41 bits per heavy atom. The summed E-state index contributed by atoms with van der Waals surface area (Å²) in [6, 6.07) is 4.09. The molecule has 90 valence electrons. The average molecular weight is 252 g/mol. The zero-order chi connectivity index (χ0) is 12.6. The van der Waals surface area contributed by atoms with E-state index in [1.54, 1.807) is 18.2 Å². The summed E-state index contributed by atoms with van der Waals surface area (Å²) < 4.78 is 23.2. The summed E-state index contributed by atoms with van der Waals surface area (Å²) >= 11 is 0. The molecule has 6 heteroatoms. The summed E-state index contributed by atoms with van der Waals surface area (Å²) in [6.07, 6.45) is 3.30. The minimum Gasteiger partial charge on any atom is -0.386 e. The minimum absolute atomic E-state index is 0.189. The Kier molecular flexibility index (Phi) is 2.84. The highest BCUT2D eigenvalue weighted by molar-refractivity contribution is 7.90.